The summed E-state index contributed by atoms with van der Waals surface area (Å²) in [7, 11) is 0. The Bertz CT molecular complexity index is 266. The molecule has 1 N–H and O–H groups in total. The number of rotatable bonds is 0. The van der Waals surface area contributed by atoms with Crippen molar-refractivity contribution >= 4 is 15.9 Å². The number of phenols is 1. The summed E-state index contributed by atoms with van der Waals surface area (Å²) in [6.07, 6.45) is 0. The van der Waals surface area contributed by atoms with Crippen LogP contribution in [0.1, 0.15) is 16.7 Å². The molecule has 0 atom stereocenters. The van der Waals surface area contributed by atoms with Crippen LogP contribution in [0.3, 0.4) is 0 Å². The molecule has 1 aromatic rings. The minimum Gasteiger partial charge on any atom is -0.507 e. The van der Waals surface area contributed by atoms with E-state index in [1.165, 1.54) is 5.56 Å². The topological polar surface area (TPSA) is 20.2 Å². The Kier molecular flexibility index (Phi) is 2.23. The van der Waals surface area contributed by atoms with Crippen molar-refractivity contribution in [2.45, 2.75) is 20.8 Å². The number of phenolic OH excluding ortho intramolecular Hbond substituents is 1. The summed E-state index contributed by atoms with van der Waals surface area (Å²) >= 11 is 3.31. The molecule has 0 saturated heterocycles. The first kappa shape index (κ1) is 8.60. The van der Waals surface area contributed by atoms with Crippen molar-refractivity contribution in [3.63, 3.8) is 0 Å². The average Bonchev–Trinajstić information content (AvgIpc) is 1.97. The van der Waals surface area contributed by atoms with Gasteiger partial charge >= 0.3 is 0 Å². The second-order valence-electron chi connectivity index (χ2n) is 2.78. The molecule has 1 rings (SSSR count). The van der Waals surface area contributed by atoms with E-state index in [-0.39, 0.29) is 0 Å². The van der Waals surface area contributed by atoms with E-state index in [1.807, 2.05) is 13.8 Å². The number of benzene rings is 1. The first-order chi connectivity index (χ1) is 5.04. The average molecular weight is 215 g/mol. The van der Waals surface area contributed by atoms with E-state index in [1.54, 1.807) is 6.07 Å². The van der Waals surface area contributed by atoms with Crippen LogP contribution in [0, 0.1) is 20.8 Å². The minimum atomic E-state index is 0.325. The first-order valence-corrected chi connectivity index (χ1v) is 4.28. The highest BCUT2D eigenvalue weighted by Crippen LogP contribution is 2.31. The molecule has 0 aliphatic heterocycles. The molecule has 1 aromatic carbocycles. The largest absolute Gasteiger partial charge is 0.507 e. The second kappa shape index (κ2) is 2.86. The molecule has 1 nitrogen and oxygen atoms in total. The van der Waals surface area contributed by atoms with Gasteiger partial charge in [0.2, 0.25) is 0 Å². The number of hydrogen-bond donors (Lipinski definition) is 1. The lowest BCUT2D eigenvalue weighted by Gasteiger charge is -2.08. The predicted molar refractivity (Wildman–Crippen MR) is 50.0 cm³/mol. The zero-order valence-electron chi connectivity index (χ0n) is 6.90. The molecule has 60 valence electrons. The molecular formula is C9H11BrO. The van der Waals surface area contributed by atoms with Crippen molar-refractivity contribution in [2.24, 2.45) is 0 Å². The fraction of sp³-hybridized carbons (Fsp3) is 0.333. The van der Waals surface area contributed by atoms with E-state index in [0.29, 0.717) is 5.75 Å². The van der Waals surface area contributed by atoms with Crippen molar-refractivity contribution in [3.8, 4) is 5.75 Å². The van der Waals surface area contributed by atoms with Crippen LogP contribution in [0.25, 0.3) is 0 Å². The summed E-state index contributed by atoms with van der Waals surface area (Å²) < 4.78 is 0.806. The van der Waals surface area contributed by atoms with Crippen LogP contribution in [0.4, 0.5) is 0 Å². The van der Waals surface area contributed by atoms with Gasteiger partial charge in [0.05, 0.1) is 4.47 Å². The molecule has 0 aliphatic carbocycles. The van der Waals surface area contributed by atoms with Crippen molar-refractivity contribution < 1.29 is 5.11 Å². The Morgan fingerprint density at radius 2 is 1.73 bits per heavy atom. The van der Waals surface area contributed by atoms with Crippen molar-refractivity contribution in [2.75, 3.05) is 0 Å². The SMILES string of the molecule is Cc1cc(O)c(Br)c(C)c1C. The monoisotopic (exact) mass is 214 g/mol. The maximum Gasteiger partial charge on any atom is 0.130 e. The summed E-state index contributed by atoms with van der Waals surface area (Å²) in [4.78, 5) is 0. The van der Waals surface area contributed by atoms with Crippen LogP contribution < -0.4 is 0 Å². The van der Waals surface area contributed by atoms with Gasteiger partial charge in [0, 0.05) is 0 Å². The van der Waals surface area contributed by atoms with E-state index in [9.17, 15) is 5.11 Å². The number of aromatic hydroxyl groups is 1. The number of aryl methyl sites for hydroxylation is 1. The third-order valence-electron chi connectivity index (χ3n) is 2.06. The fourth-order valence-electron chi connectivity index (χ4n) is 1.03. The molecule has 0 fully saturated rings. The molecule has 0 saturated carbocycles. The molecule has 2 heteroatoms. The summed E-state index contributed by atoms with van der Waals surface area (Å²) in [5.41, 5.74) is 3.47. The summed E-state index contributed by atoms with van der Waals surface area (Å²) in [5, 5.41) is 9.36. The van der Waals surface area contributed by atoms with Gasteiger partial charge in [-0.3, -0.25) is 0 Å². The van der Waals surface area contributed by atoms with Gasteiger partial charge in [-0.05, 0) is 59.5 Å². The molecule has 0 unspecified atom stereocenters. The van der Waals surface area contributed by atoms with E-state index < -0.39 is 0 Å². The van der Waals surface area contributed by atoms with Gasteiger partial charge < -0.3 is 5.11 Å². The Labute approximate surface area is 75.2 Å². The fourth-order valence-corrected chi connectivity index (χ4v) is 1.44. The van der Waals surface area contributed by atoms with Crippen molar-refractivity contribution in [1.82, 2.24) is 0 Å². The van der Waals surface area contributed by atoms with Crippen LogP contribution in [0.15, 0.2) is 10.5 Å². The van der Waals surface area contributed by atoms with Gasteiger partial charge in [0.25, 0.3) is 0 Å². The zero-order valence-corrected chi connectivity index (χ0v) is 8.49. The van der Waals surface area contributed by atoms with E-state index in [4.69, 9.17) is 0 Å². The summed E-state index contributed by atoms with van der Waals surface area (Å²) in [6, 6.07) is 1.77. The predicted octanol–water partition coefficient (Wildman–Crippen LogP) is 3.08. The molecule has 0 radical (unpaired) electrons. The van der Waals surface area contributed by atoms with Gasteiger partial charge in [-0.2, -0.15) is 0 Å². The molecule has 0 spiro atoms. The molecule has 0 bridgehead atoms. The quantitative estimate of drug-likeness (QED) is 0.705. The molecule has 0 aromatic heterocycles. The third kappa shape index (κ3) is 1.41. The molecule has 0 amide bonds. The highest BCUT2D eigenvalue weighted by molar-refractivity contribution is 9.10. The zero-order chi connectivity index (χ0) is 8.59. The lowest BCUT2D eigenvalue weighted by molar-refractivity contribution is 0.470. The normalized spacial score (nSPS) is 10.2. The number of hydrogen-bond acceptors (Lipinski definition) is 1. The first-order valence-electron chi connectivity index (χ1n) is 3.49. The van der Waals surface area contributed by atoms with Crippen LogP contribution in [-0.4, -0.2) is 5.11 Å². The Morgan fingerprint density at radius 3 is 2.27 bits per heavy atom. The Balaban J connectivity index is 3.46. The number of halogens is 1. The van der Waals surface area contributed by atoms with E-state index in [2.05, 4.69) is 22.9 Å². The third-order valence-corrected chi connectivity index (χ3v) is 3.06. The van der Waals surface area contributed by atoms with Crippen LogP contribution in [-0.2, 0) is 0 Å². The lowest BCUT2D eigenvalue weighted by atomic mass is 10.0. The summed E-state index contributed by atoms with van der Waals surface area (Å²) in [6.45, 7) is 6.04. The lowest BCUT2D eigenvalue weighted by Crippen LogP contribution is -1.87. The van der Waals surface area contributed by atoms with Crippen molar-refractivity contribution in [3.05, 3.63) is 27.2 Å². The molecule has 0 heterocycles. The second-order valence-corrected chi connectivity index (χ2v) is 3.57. The van der Waals surface area contributed by atoms with E-state index in [0.717, 1.165) is 15.6 Å². The minimum absolute atomic E-state index is 0.325. The molecule has 11 heavy (non-hydrogen) atoms. The smallest absolute Gasteiger partial charge is 0.130 e. The van der Waals surface area contributed by atoms with Gasteiger partial charge in [-0.1, -0.05) is 0 Å². The molecular weight excluding hydrogens is 204 g/mol. The van der Waals surface area contributed by atoms with E-state index >= 15 is 0 Å². The summed E-state index contributed by atoms with van der Waals surface area (Å²) in [5.74, 6) is 0.325. The molecule has 0 aliphatic rings. The maximum absolute atomic E-state index is 9.36. The van der Waals surface area contributed by atoms with Crippen LogP contribution in [0.2, 0.25) is 0 Å². The van der Waals surface area contributed by atoms with Gasteiger partial charge in [-0.25, -0.2) is 0 Å². The highest BCUT2D eigenvalue weighted by atomic mass is 79.9. The Morgan fingerprint density at radius 1 is 1.18 bits per heavy atom. The van der Waals surface area contributed by atoms with Gasteiger partial charge in [0.1, 0.15) is 5.75 Å². The van der Waals surface area contributed by atoms with Crippen molar-refractivity contribution in [1.29, 1.82) is 0 Å². The van der Waals surface area contributed by atoms with Crippen LogP contribution >= 0.6 is 15.9 Å². The highest BCUT2D eigenvalue weighted by Gasteiger charge is 2.05. The maximum atomic E-state index is 9.36. The van der Waals surface area contributed by atoms with Crippen LogP contribution in [0.5, 0.6) is 5.75 Å². The standard InChI is InChI=1S/C9H11BrO/c1-5-4-8(11)9(10)7(3)6(5)2/h4,11H,1-3H3. The van der Waals surface area contributed by atoms with Gasteiger partial charge in [0.15, 0.2) is 0 Å². The Hall–Kier alpha value is -0.500. The van der Waals surface area contributed by atoms with Gasteiger partial charge in [-0.15, -0.1) is 0 Å².